The van der Waals surface area contributed by atoms with E-state index < -0.39 is 5.97 Å². The first-order valence-corrected chi connectivity index (χ1v) is 2.11. The Morgan fingerprint density at radius 1 is 1.71 bits per heavy atom. The molecule has 0 aromatic carbocycles. The summed E-state index contributed by atoms with van der Waals surface area (Å²) in [6, 6.07) is 0. The lowest BCUT2D eigenvalue weighted by Crippen LogP contribution is -2.11. The first kappa shape index (κ1) is 7.01. The smallest absolute Gasteiger partial charge is 0.320 e. The van der Waals surface area contributed by atoms with Crippen LogP contribution < -0.4 is 0 Å². The average molecular weight is 144 g/mol. The molecule has 0 saturated heterocycles. The lowest BCUT2D eigenvalue weighted by atomic mass is 10.7. The largest absolute Gasteiger partial charge is 0.480 e. The van der Waals surface area contributed by atoms with E-state index in [-0.39, 0.29) is 6.54 Å². The lowest BCUT2D eigenvalue weighted by Gasteiger charge is -1.94. The molecule has 0 radical (unpaired) electrons. The molecule has 0 amide bonds. The fraction of sp³-hybridized carbons (Fsp3) is 0.500. The van der Waals surface area contributed by atoms with Crippen LogP contribution >= 0.6 is 23.6 Å². The minimum atomic E-state index is -1.05. The summed E-state index contributed by atoms with van der Waals surface area (Å²) in [5.41, 5.74) is 0. The van der Waals surface area contributed by atoms with Gasteiger partial charge in [-0.1, -0.05) is 0 Å². The molecule has 0 aromatic heterocycles. The summed E-state index contributed by atoms with van der Waals surface area (Å²) in [6.07, 6.45) is 0. The van der Waals surface area contributed by atoms with Crippen molar-refractivity contribution in [3.63, 3.8) is 0 Å². The Morgan fingerprint density at radius 3 is 2.14 bits per heavy atom. The number of carboxylic acids is 1. The highest BCUT2D eigenvalue weighted by molar-refractivity contribution is 6.34. The van der Waals surface area contributed by atoms with E-state index in [0.29, 0.717) is 3.94 Å². The molecule has 0 fully saturated rings. The molecule has 5 heteroatoms. The van der Waals surface area contributed by atoms with Crippen LogP contribution in [-0.4, -0.2) is 21.6 Å². The fourth-order valence-corrected chi connectivity index (χ4v) is 0.307. The van der Waals surface area contributed by atoms with Crippen molar-refractivity contribution in [3.05, 3.63) is 0 Å². The highest BCUT2D eigenvalue weighted by atomic mass is 35.5. The molecule has 1 N–H and O–H groups in total. The van der Waals surface area contributed by atoms with Crippen molar-refractivity contribution in [2.45, 2.75) is 0 Å². The molecule has 0 unspecified atom stereocenters. The molecule has 0 heterocycles. The first-order valence-electron chi connectivity index (χ1n) is 1.44. The zero-order valence-electron chi connectivity index (χ0n) is 3.27. The van der Waals surface area contributed by atoms with Crippen LogP contribution in [0.25, 0.3) is 0 Å². The third-order valence-corrected chi connectivity index (χ3v) is 0.494. The maximum Gasteiger partial charge on any atom is 0.320 e. The summed E-state index contributed by atoms with van der Waals surface area (Å²) in [6.45, 7) is -0.358. The Balaban J connectivity index is 3.13. The van der Waals surface area contributed by atoms with Gasteiger partial charge in [-0.25, -0.2) is 0 Å². The molecular weight excluding hydrogens is 141 g/mol. The number of carbonyl (C=O) groups is 1. The monoisotopic (exact) mass is 143 g/mol. The number of aliphatic carboxylic acids is 1. The predicted octanol–water partition coefficient (Wildman–Crippen LogP) is 0.681. The van der Waals surface area contributed by atoms with Crippen molar-refractivity contribution in [2.75, 3.05) is 6.54 Å². The lowest BCUT2D eigenvalue weighted by molar-refractivity contribution is -0.136. The first-order chi connectivity index (χ1) is 3.13. The van der Waals surface area contributed by atoms with E-state index in [1.165, 1.54) is 0 Å². The van der Waals surface area contributed by atoms with Crippen molar-refractivity contribution in [2.24, 2.45) is 0 Å². The van der Waals surface area contributed by atoms with Gasteiger partial charge in [-0.2, -0.15) is 0 Å². The van der Waals surface area contributed by atoms with Crippen LogP contribution in [0.15, 0.2) is 0 Å². The van der Waals surface area contributed by atoms with Gasteiger partial charge in [0.25, 0.3) is 0 Å². The van der Waals surface area contributed by atoms with Crippen LogP contribution in [0.1, 0.15) is 0 Å². The van der Waals surface area contributed by atoms with E-state index in [0.717, 1.165) is 0 Å². The van der Waals surface area contributed by atoms with Gasteiger partial charge in [-0.15, -0.1) is 3.94 Å². The molecule has 42 valence electrons. The van der Waals surface area contributed by atoms with Crippen LogP contribution in [0, 0.1) is 0 Å². The minimum Gasteiger partial charge on any atom is -0.480 e. The van der Waals surface area contributed by atoms with E-state index in [4.69, 9.17) is 28.7 Å². The summed E-state index contributed by atoms with van der Waals surface area (Å²) in [5, 5.41) is 7.87. The Hall–Kier alpha value is 0.01000. The number of halogens is 2. The zero-order valence-corrected chi connectivity index (χ0v) is 4.78. The van der Waals surface area contributed by atoms with Gasteiger partial charge >= 0.3 is 5.97 Å². The summed E-state index contributed by atoms with van der Waals surface area (Å²) in [7, 11) is 0. The molecule has 0 aliphatic rings. The zero-order chi connectivity index (χ0) is 5.86. The second-order valence-electron chi connectivity index (χ2n) is 0.855. The van der Waals surface area contributed by atoms with Crippen LogP contribution in [0.5, 0.6) is 0 Å². The number of hydrogen-bond donors (Lipinski definition) is 1. The summed E-state index contributed by atoms with van der Waals surface area (Å²) in [4.78, 5) is 9.60. The molecule has 7 heavy (non-hydrogen) atoms. The van der Waals surface area contributed by atoms with Gasteiger partial charge in [0.2, 0.25) is 0 Å². The number of nitrogens with zero attached hydrogens (tertiary/aromatic N) is 1. The number of hydrogen-bond acceptors (Lipinski definition) is 2. The van der Waals surface area contributed by atoms with Crippen LogP contribution in [0.2, 0.25) is 0 Å². The van der Waals surface area contributed by atoms with Crippen LogP contribution in [0.3, 0.4) is 0 Å². The quantitative estimate of drug-likeness (QED) is 0.579. The van der Waals surface area contributed by atoms with Gasteiger partial charge in [-0.3, -0.25) is 4.79 Å². The third-order valence-electron chi connectivity index (χ3n) is 0.255. The van der Waals surface area contributed by atoms with Gasteiger partial charge < -0.3 is 5.11 Å². The summed E-state index contributed by atoms with van der Waals surface area (Å²) < 4.78 is 0.544. The van der Waals surface area contributed by atoms with Crippen molar-refractivity contribution in [1.82, 2.24) is 3.94 Å². The molecule has 0 bridgehead atoms. The van der Waals surface area contributed by atoms with Gasteiger partial charge in [0.05, 0.1) is 0 Å². The van der Waals surface area contributed by atoms with E-state index in [9.17, 15) is 4.79 Å². The highest BCUT2D eigenvalue weighted by Crippen LogP contribution is 1.95. The Bertz CT molecular complexity index is 74.1. The van der Waals surface area contributed by atoms with E-state index in [2.05, 4.69) is 0 Å². The van der Waals surface area contributed by atoms with E-state index in [1.807, 2.05) is 0 Å². The van der Waals surface area contributed by atoms with Gasteiger partial charge in [0, 0.05) is 0 Å². The van der Waals surface area contributed by atoms with Crippen molar-refractivity contribution in [1.29, 1.82) is 0 Å². The van der Waals surface area contributed by atoms with E-state index in [1.54, 1.807) is 0 Å². The average Bonchev–Trinajstić information content (AvgIpc) is 1.27. The number of rotatable bonds is 2. The van der Waals surface area contributed by atoms with Crippen LogP contribution in [0.4, 0.5) is 0 Å². The molecule has 0 spiro atoms. The summed E-state index contributed by atoms with van der Waals surface area (Å²) >= 11 is 9.78. The standard InChI is InChI=1S/C2H3Cl2NO2/c3-5(4)1-2(6)7/h1H2,(H,6,7). The summed E-state index contributed by atoms with van der Waals surface area (Å²) in [5.74, 6) is -1.05. The maximum absolute atomic E-state index is 9.60. The van der Waals surface area contributed by atoms with Crippen LogP contribution in [-0.2, 0) is 4.79 Å². The Morgan fingerprint density at radius 2 is 2.14 bits per heavy atom. The maximum atomic E-state index is 9.60. The second-order valence-corrected chi connectivity index (χ2v) is 1.84. The molecular formula is C2H3Cl2NO2. The van der Waals surface area contributed by atoms with E-state index >= 15 is 0 Å². The van der Waals surface area contributed by atoms with Gasteiger partial charge in [-0.05, 0) is 23.6 Å². The molecule has 3 nitrogen and oxygen atoms in total. The van der Waals surface area contributed by atoms with Gasteiger partial charge in [0.15, 0.2) is 0 Å². The molecule has 0 rings (SSSR count). The van der Waals surface area contributed by atoms with Crippen molar-refractivity contribution in [3.8, 4) is 0 Å². The number of carboxylic acid groups (broad SMARTS) is 1. The Labute approximate surface area is 50.6 Å². The SMILES string of the molecule is O=C(O)CN(Cl)Cl. The minimum absolute atomic E-state index is 0.358. The van der Waals surface area contributed by atoms with Gasteiger partial charge in [0.1, 0.15) is 6.54 Å². The third kappa shape index (κ3) is 6.01. The molecule has 0 aliphatic heterocycles. The fourth-order valence-electron chi connectivity index (χ4n) is 0.102. The molecule has 0 saturated carbocycles. The molecule has 0 aromatic rings. The van der Waals surface area contributed by atoms with Crippen molar-refractivity contribution >= 4 is 29.5 Å². The Kier molecular flexibility index (Phi) is 3.07. The second kappa shape index (κ2) is 3.07. The molecule has 0 aliphatic carbocycles. The topological polar surface area (TPSA) is 40.5 Å². The predicted molar refractivity (Wildman–Crippen MR) is 26.0 cm³/mol. The van der Waals surface area contributed by atoms with Crippen molar-refractivity contribution < 1.29 is 9.90 Å². The normalized spacial score (nSPS) is 9.57. The molecule has 0 atom stereocenters. The highest BCUT2D eigenvalue weighted by Gasteiger charge is 1.99.